The molecule has 0 spiro atoms. The first-order valence-electron chi connectivity index (χ1n) is 13.3. The van der Waals surface area contributed by atoms with Gasteiger partial charge in [-0.1, -0.05) is 35.4 Å². The van der Waals surface area contributed by atoms with Crippen LogP contribution in [0.2, 0.25) is 5.02 Å². The molecule has 1 N–H and O–H groups in total. The quantitative estimate of drug-likeness (QED) is 0.433. The molecule has 8 nitrogen and oxygen atoms in total. The molecular weight excluding hydrogens is 539 g/mol. The van der Waals surface area contributed by atoms with Crippen LogP contribution >= 0.6 is 11.6 Å². The van der Waals surface area contributed by atoms with Crippen molar-refractivity contribution in [2.24, 2.45) is 29.1 Å². The van der Waals surface area contributed by atoms with Gasteiger partial charge in [-0.2, -0.15) is 0 Å². The van der Waals surface area contributed by atoms with E-state index in [9.17, 15) is 28.7 Å². The maximum absolute atomic E-state index is 14.3. The van der Waals surface area contributed by atoms with Crippen molar-refractivity contribution in [2.75, 3.05) is 18.6 Å². The Kier molecular flexibility index (Phi) is 6.07. The van der Waals surface area contributed by atoms with E-state index in [1.807, 2.05) is 6.08 Å². The number of fused-ring (bicyclic) bond motifs is 4. The van der Waals surface area contributed by atoms with E-state index in [0.29, 0.717) is 12.0 Å². The fraction of sp³-hybridized carbons (Fsp3) is 0.400. The molecule has 0 aromatic heterocycles. The Labute approximate surface area is 235 Å². The zero-order valence-electron chi connectivity index (χ0n) is 22.2. The van der Waals surface area contributed by atoms with Crippen LogP contribution in [0.1, 0.15) is 38.2 Å². The second-order valence-corrected chi connectivity index (χ2v) is 11.5. The minimum absolute atomic E-state index is 0.143. The third kappa shape index (κ3) is 3.36. The smallest absolute Gasteiger partial charge is 0.241 e. The van der Waals surface area contributed by atoms with Crippen LogP contribution in [0, 0.1) is 34.9 Å². The van der Waals surface area contributed by atoms with E-state index in [1.165, 1.54) is 24.1 Å². The minimum atomic E-state index is -1.35. The summed E-state index contributed by atoms with van der Waals surface area (Å²) < 4.78 is 19.3. The molecule has 2 aliphatic carbocycles. The number of hydrogen-bond donors (Lipinski definition) is 1. The molecule has 1 saturated carbocycles. The van der Waals surface area contributed by atoms with Gasteiger partial charge in [-0.05, 0) is 56.9 Å². The lowest BCUT2D eigenvalue weighted by Crippen LogP contribution is -2.48. The first-order valence-corrected chi connectivity index (χ1v) is 13.7. The molecule has 0 radical (unpaired) electrons. The number of aromatic hydroxyl groups is 1. The van der Waals surface area contributed by atoms with Crippen molar-refractivity contribution in [3.05, 3.63) is 64.5 Å². The highest BCUT2D eigenvalue weighted by Crippen LogP contribution is 2.64. The van der Waals surface area contributed by atoms with Gasteiger partial charge in [-0.25, -0.2) is 9.29 Å². The van der Waals surface area contributed by atoms with Gasteiger partial charge in [-0.3, -0.25) is 24.1 Å². The first-order chi connectivity index (χ1) is 19.1. The molecule has 0 unspecified atom stereocenters. The molecule has 4 aliphatic rings. The Balaban J connectivity index is 1.55. The summed E-state index contributed by atoms with van der Waals surface area (Å²) in [5.41, 5.74) is -0.0642. The van der Waals surface area contributed by atoms with Crippen molar-refractivity contribution in [1.29, 1.82) is 0 Å². The number of carbonyl (C=O) groups is 4. The highest BCUT2D eigenvalue weighted by atomic mass is 35.5. The zero-order valence-corrected chi connectivity index (χ0v) is 22.9. The lowest BCUT2D eigenvalue weighted by molar-refractivity contribution is -0.140. The number of rotatable bonds is 4. The third-order valence-corrected chi connectivity index (χ3v) is 9.69. The van der Waals surface area contributed by atoms with Gasteiger partial charge in [0.2, 0.25) is 23.6 Å². The Hall–Kier alpha value is -3.72. The summed E-state index contributed by atoms with van der Waals surface area (Å²) in [5, 5.41) is 11.1. The second kappa shape index (κ2) is 9.16. The van der Waals surface area contributed by atoms with Crippen LogP contribution in [0.4, 0.5) is 10.1 Å². The van der Waals surface area contributed by atoms with E-state index in [1.54, 1.807) is 32.0 Å². The number of hydrogen-bond acceptors (Lipinski definition) is 6. The summed E-state index contributed by atoms with van der Waals surface area (Å²) in [6, 6.07) is 8.65. The molecule has 2 heterocycles. The first kappa shape index (κ1) is 26.5. The van der Waals surface area contributed by atoms with Gasteiger partial charge in [-0.15, -0.1) is 0 Å². The van der Waals surface area contributed by atoms with E-state index >= 15 is 0 Å². The van der Waals surface area contributed by atoms with Crippen LogP contribution in [0.5, 0.6) is 11.5 Å². The SMILES string of the molecule is CCN1C(=O)[C@H]2[C@H](CC=C3[C@H]2C[C@H]2C(=O)N(c4ccc(F)c(Cl)c4)C(=O)[C@@]2(C)[C@H]3c2cccc(OC)c2O)C1=O. The van der Waals surface area contributed by atoms with Crippen molar-refractivity contribution in [1.82, 2.24) is 4.90 Å². The molecule has 208 valence electrons. The highest BCUT2D eigenvalue weighted by molar-refractivity contribution is 6.31. The number of carbonyl (C=O) groups excluding carboxylic acids is 4. The number of amides is 4. The van der Waals surface area contributed by atoms with Crippen LogP contribution in [-0.2, 0) is 19.2 Å². The van der Waals surface area contributed by atoms with Crippen molar-refractivity contribution in [3.63, 3.8) is 0 Å². The summed E-state index contributed by atoms with van der Waals surface area (Å²) in [6.45, 7) is 3.71. The van der Waals surface area contributed by atoms with Crippen LogP contribution in [0.3, 0.4) is 0 Å². The van der Waals surface area contributed by atoms with Gasteiger partial charge in [0, 0.05) is 18.0 Å². The maximum atomic E-state index is 14.3. The predicted octanol–water partition coefficient (Wildman–Crippen LogP) is 4.44. The monoisotopic (exact) mass is 566 g/mol. The average molecular weight is 567 g/mol. The number of likely N-dealkylation sites (tertiary alicyclic amines) is 1. The zero-order chi connectivity index (χ0) is 28.7. The molecule has 3 fully saturated rings. The Morgan fingerprint density at radius 3 is 2.52 bits per heavy atom. The predicted molar refractivity (Wildman–Crippen MR) is 143 cm³/mol. The fourth-order valence-electron chi connectivity index (χ4n) is 7.54. The van der Waals surface area contributed by atoms with Crippen LogP contribution in [0.25, 0.3) is 0 Å². The number of allylic oxidation sites excluding steroid dienone is 2. The fourth-order valence-corrected chi connectivity index (χ4v) is 7.72. The molecule has 6 rings (SSSR count). The molecule has 2 aliphatic heterocycles. The minimum Gasteiger partial charge on any atom is -0.504 e. The van der Waals surface area contributed by atoms with Gasteiger partial charge in [0.15, 0.2) is 11.5 Å². The van der Waals surface area contributed by atoms with Gasteiger partial charge >= 0.3 is 0 Å². The molecule has 2 saturated heterocycles. The van der Waals surface area contributed by atoms with Gasteiger partial charge in [0.25, 0.3) is 0 Å². The number of halogens is 2. The summed E-state index contributed by atoms with van der Waals surface area (Å²) in [6.07, 6.45) is 2.41. The van der Waals surface area contributed by atoms with Gasteiger partial charge < -0.3 is 9.84 Å². The van der Waals surface area contributed by atoms with E-state index < -0.39 is 52.6 Å². The van der Waals surface area contributed by atoms with Gasteiger partial charge in [0.05, 0.1) is 41.0 Å². The normalized spacial score (nSPS) is 31.2. The number of benzene rings is 2. The summed E-state index contributed by atoms with van der Waals surface area (Å²) >= 11 is 6.02. The number of ether oxygens (including phenoxy) is 1. The van der Waals surface area contributed by atoms with E-state index in [2.05, 4.69) is 0 Å². The number of phenolic OH excluding ortho intramolecular Hbond substituents is 1. The number of anilines is 1. The molecule has 2 aromatic rings. The summed E-state index contributed by atoms with van der Waals surface area (Å²) in [7, 11) is 1.42. The summed E-state index contributed by atoms with van der Waals surface area (Å²) in [4.78, 5) is 57.3. The maximum Gasteiger partial charge on any atom is 0.241 e. The molecule has 40 heavy (non-hydrogen) atoms. The van der Waals surface area contributed by atoms with Gasteiger partial charge in [0.1, 0.15) is 5.82 Å². The Morgan fingerprint density at radius 2 is 1.85 bits per heavy atom. The van der Waals surface area contributed by atoms with Crippen LogP contribution in [-0.4, -0.2) is 47.3 Å². The molecule has 2 aromatic carbocycles. The third-order valence-electron chi connectivity index (χ3n) is 9.40. The van der Waals surface area contributed by atoms with Crippen LogP contribution in [0.15, 0.2) is 48.0 Å². The lowest BCUT2D eigenvalue weighted by Gasteiger charge is -2.49. The van der Waals surface area contributed by atoms with E-state index in [0.717, 1.165) is 16.5 Å². The molecule has 4 amide bonds. The van der Waals surface area contributed by atoms with E-state index in [4.69, 9.17) is 16.3 Å². The number of imide groups is 2. The largest absolute Gasteiger partial charge is 0.504 e. The van der Waals surface area contributed by atoms with Crippen molar-refractivity contribution >= 4 is 40.9 Å². The number of para-hydroxylation sites is 1. The molecule has 10 heteroatoms. The highest BCUT2D eigenvalue weighted by Gasteiger charge is 2.67. The Morgan fingerprint density at radius 1 is 1.10 bits per heavy atom. The topological polar surface area (TPSA) is 104 Å². The second-order valence-electron chi connectivity index (χ2n) is 11.1. The van der Waals surface area contributed by atoms with E-state index in [-0.39, 0.29) is 47.0 Å². The summed E-state index contributed by atoms with van der Waals surface area (Å²) in [5.74, 6) is -5.49. The van der Waals surface area contributed by atoms with Crippen molar-refractivity contribution in [2.45, 2.75) is 32.6 Å². The number of nitrogens with zero attached hydrogens (tertiary/aromatic N) is 2. The molecular formula is C30H28ClFN2O6. The number of methoxy groups -OCH3 is 1. The Bertz CT molecular complexity index is 1520. The standard InChI is InChI=1S/C30H28ClFN2O6/c1-4-33-26(36)16-10-9-15-18(23(16)28(33)38)13-19-27(37)34(14-8-11-21(32)20(31)12-14)29(39)30(19,2)24(15)17-6-5-7-22(40-3)25(17)35/h5-9,11-12,16,18-19,23-24,35H,4,10,13H2,1-3H3/t16-,18+,19-,23-,24+,30+/m0/s1. The average Bonchev–Trinajstić information content (AvgIpc) is 3.30. The van der Waals surface area contributed by atoms with Crippen molar-refractivity contribution < 1.29 is 33.4 Å². The molecule has 0 bridgehead atoms. The van der Waals surface area contributed by atoms with Crippen LogP contribution < -0.4 is 9.64 Å². The number of phenols is 1. The lowest BCUT2D eigenvalue weighted by atomic mass is 9.51. The molecule has 6 atom stereocenters. The van der Waals surface area contributed by atoms with Crippen molar-refractivity contribution in [3.8, 4) is 11.5 Å².